The van der Waals surface area contributed by atoms with E-state index in [1.165, 1.54) is 16.8 Å². The molecule has 8 heteroatoms. The zero-order valence-electron chi connectivity index (χ0n) is 19.8. The Labute approximate surface area is 198 Å². The molecule has 0 atom stereocenters. The van der Waals surface area contributed by atoms with Crippen LogP contribution in [0, 0.1) is 13.8 Å². The van der Waals surface area contributed by atoms with Gasteiger partial charge in [-0.15, -0.1) is 0 Å². The first-order valence-corrected chi connectivity index (χ1v) is 10.7. The number of aryl methyl sites for hydroxylation is 1. The summed E-state index contributed by atoms with van der Waals surface area (Å²) in [7, 11) is 3.92. The molecule has 0 spiro atoms. The van der Waals surface area contributed by atoms with E-state index in [0.717, 1.165) is 24.0 Å². The Bertz CT molecular complexity index is 1160. The van der Waals surface area contributed by atoms with Gasteiger partial charge in [0.2, 0.25) is 0 Å². The molecule has 0 aliphatic carbocycles. The second kappa shape index (κ2) is 12.4. The molecule has 8 nitrogen and oxygen atoms in total. The van der Waals surface area contributed by atoms with Crippen LogP contribution in [-0.2, 0) is 20.9 Å². The molecular formula is C26H30N2O6. The highest BCUT2D eigenvalue weighted by Gasteiger charge is 2.15. The Morgan fingerprint density at radius 3 is 2.15 bits per heavy atom. The van der Waals surface area contributed by atoms with Crippen LogP contribution in [0.5, 0.6) is 0 Å². The molecule has 3 rings (SSSR count). The Kier molecular flexibility index (Phi) is 9.58. The first-order chi connectivity index (χ1) is 16.1. The van der Waals surface area contributed by atoms with Crippen molar-refractivity contribution < 1.29 is 29.3 Å². The maximum Gasteiger partial charge on any atom is 0.338 e. The average Bonchev–Trinajstić information content (AvgIpc) is 3.03. The van der Waals surface area contributed by atoms with Crippen LogP contribution in [0.1, 0.15) is 27.2 Å². The Morgan fingerprint density at radius 2 is 1.59 bits per heavy atom. The number of rotatable bonds is 8. The number of carboxylic acid groups (broad SMARTS) is 2. The lowest BCUT2D eigenvalue weighted by atomic mass is 10.1. The maximum atomic E-state index is 12.3. The van der Waals surface area contributed by atoms with Crippen molar-refractivity contribution in [1.82, 2.24) is 9.47 Å². The van der Waals surface area contributed by atoms with Crippen molar-refractivity contribution in [2.24, 2.45) is 0 Å². The van der Waals surface area contributed by atoms with Gasteiger partial charge >= 0.3 is 17.9 Å². The van der Waals surface area contributed by atoms with Gasteiger partial charge in [-0.25, -0.2) is 14.4 Å². The third kappa shape index (κ3) is 7.60. The summed E-state index contributed by atoms with van der Waals surface area (Å²) in [6.45, 7) is 6.19. The largest absolute Gasteiger partial charge is 0.478 e. The second-order valence-electron chi connectivity index (χ2n) is 7.96. The lowest BCUT2D eigenvalue weighted by Crippen LogP contribution is -2.20. The molecule has 2 N–H and O–H groups in total. The van der Waals surface area contributed by atoms with E-state index in [0.29, 0.717) is 24.3 Å². The van der Waals surface area contributed by atoms with Crippen molar-refractivity contribution in [3.8, 4) is 0 Å². The zero-order chi connectivity index (χ0) is 25.3. The monoisotopic (exact) mass is 466 g/mol. The molecule has 0 amide bonds. The van der Waals surface area contributed by atoms with E-state index < -0.39 is 11.9 Å². The number of aliphatic carboxylic acids is 2. The van der Waals surface area contributed by atoms with Gasteiger partial charge < -0.3 is 24.4 Å². The van der Waals surface area contributed by atoms with E-state index in [1.807, 2.05) is 43.3 Å². The number of benzene rings is 2. The second-order valence-corrected chi connectivity index (χ2v) is 7.96. The molecular weight excluding hydrogens is 436 g/mol. The van der Waals surface area contributed by atoms with Crippen molar-refractivity contribution in [1.29, 1.82) is 0 Å². The van der Waals surface area contributed by atoms with E-state index in [9.17, 15) is 14.4 Å². The van der Waals surface area contributed by atoms with E-state index >= 15 is 0 Å². The number of esters is 1. The third-order valence-corrected chi connectivity index (χ3v) is 5.20. The van der Waals surface area contributed by atoms with E-state index in [4.69, 9.17) is 14.9 Å². The Morgan fingerprint density at radius 1 is 0.971 bits per heavy atom. The van der Waals surface area contributed by atoms with Gasteiger partial charge in [0.25, 0.3) is 0 Å². The minimum Gasteiger partial charge on any atom is -0.478 e. The number of carboxylic acids is 2. The highest BCUT2D eigenvalue weighted by atomic mass is 16.5. The van der Waals surface area contributed by atoms with Gasteiger partial charge in [0.05, 0.1) is 5.56 Å². The molecule has 34 heavy (non-hydrogen) atoms. The van der Waals surface area contributed by atoms with Crippen molar-refractivity contribution in [2.45, 2.75) is 20.4 Å². The predicted molar refractivity (Wildman–Crippen MR) is 130 cm³/mol. The Balaban J connectivity index is 0.000000440. The van der Waals surface area contributed by atoms with Crippen LogP contribution < -0.4 is 0 Å². The van der Waals surface area contributed by atoms with Crippen LogP contribution in [-0.4, -0.2) is 64.8 Å². The number of hydrogen-bond donors (Lipinski definition) is 2. The Hall–Kier alpha value is -3.91. The van der Waals surface area contributed by atoms with Crippen LogP contribution >= 0.6 is 0 Å². The molecule has 0 aliphatic rings. The van der Waals surface area contributed by atoms with Gasteiger partial charge in [-0.3, -0.25) is 0 Å². The predicted octanol–water partition coefficient (Wildman–Crippen LogP) is 3.74. The number of aromatic nitrogens is 1. The smallest absolute Gasteiger partial charge is 0.338 e. The standard InChI is InChI=1S/C22H26N2O2.C4H4O4/c1-16-17(2)24(15-18-8-6-5-7-9-18)21-11-10-19(14-20(16)21)22(25)26-13-12-23(3)4;5-3(6)1-2-4(7)8/h5-11,14H,12-13,15H2,1-4H3;1-2H,(H,5,6)(H,7,8)/b;2-1+. The fourth-order valence-electron chi connectivity index (χ4n) is 3.29. The van der Waals surface area contributed by atoms with Gasteiger partial charge in [0.1, 0.15) is 6.61 Å². The van der Waals surface area contributed by atoms with E-state index in [1.54, 1.807) is 0 Å². The van der Waals surface area contributed by atoms with Crippen molar-refractivity contribution in [3.63, 3.8) is 0 Å². The average molecular weight is 467 g/mol. The summed E-state index contributed by atoms with van der Waals surface area (Å²) in [6, 6.07) is 16.3. The highest BCUT2D eigenvalue weighted by Crippen LogP contribution is 2.27. The summed E-state index contributed by atoms with van der Waals surface area (Å²) >= 11 is 0. The normalized spacial score (nSPS) is 10.9. The maximum absolute atomic E-state index is 12.3. The van der Waals surface area contributed by atoms with Crippen molar-refractivity contribution in [2.75, 3.05) is 27.2 Å². The van der Waals surface area contributed by atoms with Crippen LogP contribution in [0.25, 0.3) is 10.9 Å². The number of ether oxygens (including phenoxy) is 1. The highest BCUT2D eigenvalue weighted by molar-refractivity contribution is 5.96. The summed E-state index contributed by atoms with van der Waals surface area (Å²) in [5.41, 5.74) is 5.45. The molecule has 0 saturated heterocycles. The lowest BCUT2D eigenvalue weighted by Gasteiger charge is -2.10. The van der Waals surface area contributed by atoms with Crippen molar-refractivity contribution >= 4 is 28.8 Å². The summed E-state index contributed by atoms with van der Waals surface area (Å²) < 4.78 is 7.68. The molecule has 0 bridgehead atoms. The number of carbonyl (C=O) groups excluding carboxylic acids is 1. The van der Waals surface area contributed by atoms with Gasteiger partial charge in [0.15, 0.2) is 0 Å². The van der Waals surface area contributed by atoms with Crippen molar-refractivity contribution in [3.05, 3.63) is 83.1 Å². The number of nitrogens with zero attached hydrogens (tertiary/aromatic N) is 2. The van der Waals surface area contributed by atoms with Crippen LogP contribution in [0.2, 0.25) is 0 Å². The first-order valence-electron chi connectivity index (χ1n) is 10.7. The summed E-state index contributed by atoms with van der Waals surface area (Å²) in [6.07, 6.45) is 1.12. The number of hydrogen-bond acceptors (Lipinski definition) is 5. The molecule has 0 unspecified atom stereocenters. The molecule has 0 saturated carbocycles. The fraction of sp³-hybridized carbons (Fsp3) is 0.269. The van der Waals surface area contributed by atoms with Crippen LogP contribution in [0.3, 0.4) is 0 Å². The van der Waals surface area contributed by atoms with Gasteiger partial charge in [-0.1, -0.05) is 30.3 Å². The fourth-order valence-corrected chi connectivity index (χ4v) is 3.29. The van der Waals surface area contributed by atoms with Gasteiger partial charge in [0, 0.05) is 41.8 Å². The molecule has 2 aromatic carbocycles. The molecule has 180 valence electrons. The number of fused-ring (bicyclic) bond motifs is 1. The molecule has 0 fully saturated rings. The molecule has 1 heterocycles. The SMILES string of the molecule is Cc1c(C)n(Cc2ccccc2)c2ccc(C(=O)OCCN(C)C)cc12.O=C(O)/C=C/C(=O)O. The minimum atomic E-state index is -1.26. The number of likely N-dealkylation sites (N-methyl/N-ethyl adjacent to an activating group) is 1. The quantitative estimate of drug-likeness (QED) is 0.384. The lowest BCUT2D eigenvalue weighted by molar-refractivity contribution is -0.134. The van der Waals surface area contributed by atoms with Crippen LogP contribution in [0.15, 0.2) is 60.7 Å². The third-order valence-electron chi connectivity index (χ3n) is 5.20. The van der Waals surface area contributed by atoms with Crippen LogP contribution in [0.4, 0.5) is 0 Å². The molecule has 0 aliphatic heterocycles. The first kappa shape index (κ1) is 26.3. The van der Waals surface area contributed by atoms with E-state index in [-0.39, 0.29) is 5.97 Å². The van der Waals surface area contributed by atoms with Gasteiger partial charge in [-0.2, -0.15) is 0 Å². The molecule has 1 aromatic heterocycles. The van der Waals surface area contributed by atoms with E-state index in [2.05, 4.69) is 42.7 Å². The topological polar surface area (TPSA) is 109 Å². The molecule has 0 radical (unpaired) electrons. The zero-order valence-corrected chi connectivity index (χ0v) is 19.8. The number of carbonyl (C=O) groups is 3. The molecule has 3 aromatic rings. The summed E-state index contributed by atoms with van der Waals surface area (Å²) in [5.74, 6) is -2.78. The summed E-state index contributed by atoms with van der Waals surface area (Å²) in [4.78, 5) is 33.4. The minimum absolute atomic E-state index is 0.262. The summed E-state index contributed by atoms with van der Waals surface area (Å²) in [5, 5.41) is 16.7. The van der Waals surface area contributed by atoms with Gasteiger partial charge in [-0.05, 0) is 57.3 Å².